The fourth-order valence-corrected chi connectivity index (χ4v) is 3.81. The third kappa shape index (κ3) is 4.43. The Morgan fingerprint density at radius 2 is 2.16 bits per heavy atom. The number of rotatable bonds is 5. The van der Waals surface area contributed by atoms with E-state index in [0.29, 0.717) is 24.4 Å². The Balaban J connectivity index is 1.34. The van der Waals surface area contributed by atoms with E-state index in [1.54, 1.807) is 17.0 Å². The van der Waals surface area contributed by atoms with Gasteiger partial charge in [0, 0.05) is 25.3 Å². The minimum atomic E-state index is -1.39. The number of carboxylic acids is 1. The number of nitrogens with zero attached hydrogens (tertiary/aromatic N) is 2. The summed E-state index contributed by atoms with van der Waals surface area (Å²) in [6.07, 6.45) is 2.46. The van der Waals surface area contributed by atoms with Crippen LogP contribution in [0.15, 0.2) is 30.1 Å². The van der Waals surface area contributed by atoms with Crippen LogP contribution in [-0.2, 0) is 16.0 Å². The maximum Gasteiger partial charge on any atom is 0.547 e. The lowest BCUT2D eigenvalue weighted by molar-refractivity contribution is -0.126. The molecule has 4 rings (SSSR count). The summed E-state index contributed by atoms with van der Waals surface area (Å²) >= 11 is 0. The molecule has 2 amide bonds. The van der Waals surface area contributed by atoms with E-state index in [1.807, 2.05) is 0 Å². The Morgan fingerprint density at radius 1 is 1.35 bits per heavy atom. The van der Waals surface area contributed by atoms with Gasteiger partial charge >= 0.3 is 13.1 Å². The van der Waals surface area contributed by atoms with Crippen LogP contribution in [0.25, 0.3) is 0 Å². The third-order valence-corrected chi connectivity index (χ3v) is 5.37. The number of nitrogens with two attached hydrogens (primary N) is 1. The van der Waals surface area contributed by atoms with Gasteiger partial charge in [0.15, 0.2) is 0 Å². The highest BCUT2D eigenvalue weighted by molar-refractivity contribution is 6.47. The van der Waals surface area contributed by atoms with Crippen molar-refractivity contribution < 1.29 is 29.2 Å². The Labute approximate surface area is 178 Å². The summed E-state index contributed by atoms with van der Waals surface area (Å²) in [4.78, 5) is 37.9. The Bertz CT molecular complexity index is 942. The van der Waals surface area contributed by atoms with E-state index >= 15 is 0 Å². The van der Waals surface area contributed by atoms with Crippen LogP contribution < -0.4 is 26.7 Å². The van der Waals surface area contributed by atoms with Crippen molar-refractivity contribution in [1.29, 1.82) is 0 Å². The SMILES string of the molecule is N[C@H]1CCN(C(=O)C2=CN(CC(=O)N[C@H]3Cc4cccc(C(=O)O)c4OB3O)NN2)C1. The van der Waals surface area contributed by atoms with Crippen molar-refractivity contribution in [2.75, 3.05) is 19.6 Å². The van der Waals surface area contributed by atoms with Crippen molar-refractivity contribution in [1.82, 2.24) is 26.2 Å². The van der Waals surface area contributed by atoms with Crippen LogP contribution in [0.5, 0.6) is 5.75 Å². The van der Waals surface area contributed by atoms with Crippen LogP contribution in [0.3, 0.4) is 0 Å². The first-order valence-electron chi connectivity index (χ1n) is 9.86. The molecular weight excluding hydrogens is 407 g/mol. The number of carboxylic acid groups (broad SMARTS) is 1. The van der Waals surface area contributed by atoms with Crippen LogP contribution in [0.2, 0.25) is 0 Å². The molecule has 0 bridgehead atoms. The van der Waals surface area contributed by atoms with Gasteiger partial charge in [0.1, 0.15) is 18.0 Å². The molecular formula is C18H23BN6O6. The monoisotopic (exact) mass is 430 g/mol. The molecule has 0 aliphatic carbocycles. The third-order valence-electron chi connectivity index (χ3n) is 5.37. The van der Waals surface area contributed by atoms with Gasteiger partial charge in [0.2, 0.25) is 5.91 Å². The van der Waals surface area contributed by atoms with Crippen LogP contribution in [0.4, 0.5) is 0 Å². The molecule has 0 aromatic heterocycles. The molecule has 12 nitrogen and oxygen atoms in total. The molecule has 164 valence electrons. The summed E-state index contributed by atoms with van der Waals surface area (Å²) in [7, 11) is -1.39. The predicted octanol–water partition coefficient (Wildman–Crippen LogP) is -2.45. The predicted molar refractivity (Wildman–Crippen MR) is 108 cm³/mol. The molecule has 1 aromatic carbocycles. The van der Waals surface area contributed by atoms with Crippen molar-refractivity contribution in [2.45, 2.75) is 24.8 Å². The second-order valence-electron chi connectivity index (χ2n) is 7.69. The van der Waals surface area contributed by atoms with E-state index in [-0.39, 0.29) is 36.2 Å². The van der Waals surface area contributed by atoms with Gasteiger partial charge in [-0.1, -0.05) is 12.1 Å². The number of carbonyl (C=O) groups is 3. The van der Waals surface area contributed by atoms with E-state index in [2.05, 4.69) is 16.3 Å². The first-order chi connectivity index (χ1) is 14.8. The van der Waals surface area contributed by atoms with Gasteiger partial charge in [-0.15, -0.1) is 5.53 Å². The highest BCUT2D eigenvalue weighted by Crippen LogP contribution is 2.30. The lowest BCUT2D eigenvalue weighted by Crippen LogP contribution is -2.55. The fraction of sp³-hybridized carbons (Fsp3) is 0.389. The summed E-state index contributed by atoms with van der Waals surface area (Å²) in [5.41, 5.74) is 12.1. The lowest BCUT2D eigenvalue weighted by Gasteiger charge is -2.29. The Hall–Kier alpha value is -3.29. The smallest absolute Gasteiger partial charge is 0.534 e. The van der Waals surface area contributed by atoms with E-state index in [9.17, 15) is 24.5 Å². The van der Waals surface area contributed by atoms with E-state index in [4.69, 9.17) is 10.4 Å². The zero-order valence-electron chi connectivity index (χ0n) is 16.6. The minimum absolute atomic E-state index is 0.0263. The second kappa shape index (κ2) is 8.45. The molecule has 2 atom stereocenters. The molecule has 31 heavy (non-hydrogen) atoms. The summed E-state index contributed by atoms with van der Waals surface area (Å²) in [5, 5.41) is 23.6. The highest BCUT2D eigenvalue weighted by Gasteiger charge is 2.38. The van der Waals surface area contributed by atoms with E-state index < -0.39 is 24.9 Å². The average Bonchev–Trinajstić information content (AvgIpc) is 3.36. The summed E-state index contributed by atoms with van der Waals surface area (Å²) in [6.45, 7) is 0.946. The minimum Gasteiger partial charge on any atom is -0.534 e. The van der Waals surface area contributed by atoms with Gasteiger partial charge in [0.25, 0.3) is 5.91 Å². The molecule has 1 saturated heterocycles. The van der Waals surface area contributed by atoms with Gasteiger partial charge < -0.3 is 30.7 Å². The molecule has 1 aromatic rings. The number of benzene rings is 1. The van der Waals surface area contributed by atoms with Gasteiger partial charge in [0.05, 0.1) is 11.5 Å². The van der Waals surface area contributed by atoms with Crippen molar-refractivity contribution >= 4 is 24.9 Å². The highest BCUT2D eigenvalue weighted by atomic mass is 16.5. The van der Waals surface area contributed by atoms with Crippen LogP contribution >= 0.6 is 0 Å². The largest absolute Gasteiger partial charge is 0.547 e. The van der Waals surface area contributed by atoms with Gasteiger partial charge in [-0.25, -0.2) is 4.79 Å². The molecule has 3 aliphatic rings. The Morgan fingerprint density at radius 3 is 2.87 bits per heavy atom. The maximum absolute atomic E-state index is 12.5. The number of carbonyl (C=O) groups excluding carboxylic acids is 2. The van der Waals surface area contributed by atoms with E-state index in [0.717, 1.165) is 6.42 Å². The molecule has 7 N–H and O–H groups in total. The molecule has 3 heterocycles. The number of nitrogens with one attached hydrogen (secondary N) is 3. The van der Waals surface area contributed by atoms with Gasteiger partial charge in [-0.05, 0) is 24.5 Å². The first kappa shape index (κ1) is 21.0. The van der Waals surface area contributed by atoms with Crippen molar-refractivity contribution in [2.24, 2.45) is 5.73 Å². The average molecular weight is 430 g/mol. The number of amides is 2. The lowest BCUT2D eigenvalue weighted by atomic mass is 9.72. The van der Waals surface area contributed by atoms with Crippen LogP contribution in [0.1, 0.15) is 22.3 Å². The Kier molecular flexibility index (Phi) is 5.72. The zero-order valence-corrected chi connectivity index (χ0v) is 16.6. The van der Waals surface area contributed by atoms with Crippen molar-refractivity contribution in [3.8, 4) is 5.75 Å². The molecule has 0 unspecified atom stereocenters. The van der Waals surface area contributed by atoms with Gasteiger partial charge in [-0.2, -0.15) is 0 Å². The summed E-state index contributed by atoms with van der Waals surface area (Å²) < 4.78 is 5.37. The molecule has 0 radical (unpaired) electrons. The normalized spacial score (nSPS) is 22.4. The molecule has 13 heteroatoms. The van der Waals surface area contributed by atoms with Gasteiger partial charge in [-0.3, -0.25) is 20.0 Å². The maximum atomic E-state index is 12.5. The quantitative estimate of drug-likeness (QED) is 0.276. The number of para-hydroxylation sites is 1. The number of hydrogen-bond acceptors (Lipinski definition) is 9. The second-order valence-corrected chi connectivity index (χ2v) is 7.69. The zero-order chi connectivity index (χ0) is 22.1. The molecule has 0 saturated carbocycles. The summed E-state index contributed by atoms with van der Waals surface area (Å²) in [5.74, 6) is -2.44. The van der Waals surface area contributed by atoms with Crippen molar-refractivity contribution in [3.05, 3.63) is 41.2 Å². The molecule has 1 fully saturated rings. The first-order valence-corrected chi connectivity index (χ1v) is 9.86. The van der Waals surface area contributed by atoms with E-state index in [1.165, 1.54) is 17.3 Å². The molecule has 0 spiro atoms. The van der Waals surface area contributed by atoms with Crippen molar-refractivity contribution in [3.63, 3.8) is 0 Å². The molecule has 3 aliphatic heterocycles. The number of aromatic carboxylic acids is 1. The van der Waals surface area contributed by atoms with Crippen LogP contribution in [0, 0.1) is 0 Å². The number of hydrogen-bond donors (Lipinski definition) is 6. The topological polar surface area (TPSA) is 169 Å². The summed E-state index contributed by atoms with van der Waals surface area (Å²) in [6, 6.07) is 4.63. The standard InChI is InChI=1S/C18H23BN6O6/c20-11-4-5-24(7-11)17(27)13-8-25(23-22-13)9-15(26)21-14-6-10-2-1-3-12(18(28)29)16(10)31-19(14)30/h1-3,8,11,14,22-23,30H,4-7,9,20H2,(H,21,26)(H,28,29)/t11-,14-/m0/s1. The fourth-order valence-electron chi connectivity index (χ4n) is 3.81. The number of fused-ring (bicyclic) bond motifs is 1. The van der Waals surface area contributed by atoms with Crippen LogP contribution in [-0.4, -0.2) is 76.6 Å². The number of likely N-dealkylation sites (tertiary alicyclic amines) is 1. The number of hydrazine groups is 2.